The molecule has 3 N–H and O–H groups in total. The quantitative estimate of drug-likeness (QED) is 0.210. The summed E-state index contributed by atoms with van der Waals surface area (Å²) in [4.78, 5) is 24.5. The Morgan fingerprint density at radius 1 is 0.909 bits per heavy atom. The number of hydroxylamine groups is 1. The van der Waals surface area contributed by atoms with Gasteiger partial charge in [0.1, 0.15) is 5.82 Å². The SMILES string of the molecule is COc1ccc(C=C(C(=O)NCc2ccc(C(=O)NO)cc2)c2ccc(F)cc2)cc1OC. The molecule has 0 spiro atoms. The highest BCUT2D eigenvalue weighted by Gasteiger charge is 2.14. The smallest absolute Gasteiger partial charge is 0.274 e. The Hall–Kier alpha value is -4.17. The van der Waals surface area contributed by atoms with Gasteiger partial charge < -0.3 is 14.8 Å². The molecule has 0 aliphatic heterocycles. The highest BCUT2D eigenvalue weighted by atomic mass is 19.1. The molecule has 0 saturated heterocycles. The molecule has 0 radical (unpaired) electrons. The van der Waals surface area contributed by atoms with Gasteiger partial charge in [0, 0.05) is 17.7 Å². The van der Waals surface area contributed by atoms with Crippen molar-refractivity contribution in [3.05, 3.63) is 94.8 Å². The van der Waals surface area contributed by atoms with Crippen molar-refractivity contribution in [3.8, 4) is 11.5 Å². The second-order valence-electron chi connectivity index (χ2n) is 7.00. The first-order valence-corrected chi connectivity index (χ1v) is 9.96. The van der Waals surface area contributed by atoms with E-state index in [1.807, 2.05) is 0 Å². The number of rotatable bonds is 8. The van der Waals surface area contributed by atoms with Crippen molar-refractivity contribution in [2.75, 3.05) is 14.2 Å². The lowest BCUT2D eigenvalue weighted by Gasteiger charge is -2.12. The Labute approximate surface area is 190 Å². The van der Waals surface area contributed by atoms with Gasteiger partial charge in [0.15, 0.2) is 11.5 Å². The molecular formula is C25H23FN2O5. The third kappa shape index (κ3) is 5.96. The summed E-state index contributed by atoms with van der Waals surface area (Å²) in [6.07, 6.45) is 1.68. The van der Waals surface area contributed by atoms with Crippen LogP contribution in [0.3, 0.4) is 0 Å². The van der Waals surface area contributed by atoms with Gasteiger partial charge in [-0.2, -0.15) is 0 Å². The van der Waals surface area contributed by atoms with Crippen molar-refractivity contribution in [2.24, 2.45) is 0 Å². The molecule has 0 unspecified atom stereocenters. The van der Waals surface area contributed by atoms with Gasteiger partial charge in [0.2, 0.25) is 0 Å². The van der Waals surface area contributed by atoms with Crippen molar-refractivity contribution in [2.45, 2.75) is 6.54 Å². The Kier molecular flexibility index (Phi) is 7.77. The summed E-state index contributed by atoms with van der Waals surface area (Å²) in [6, 6.07) is 17.3. The normalized spacial score (nSPS) is 11.0. The van der Waals surface area contributed by atoms with Crippen LogP contribution in [-0.4, -0.2) is 31.2 Å². The van der Waals surface area contributed by atoms with Crippen LogP contribution < -0.4 is 20.3 Å². The van der Waals surface area contributed by atoms with Crippen molar-refractivity contribution >= 4 is 23.5 Å². The van der Waals surface area contributed by atoms with Crippen LogP contribution in [0, 0.1) is 5.82 Å². The van der Waals surface area contributed by atoms with E-state index in [0.717, 1.165) is 5.56 Å². The van der Waals surface area contributed by atoms with E-state index in [1.54, 1.807) is 41.9 Å². The zero-order chi connectivity index (χ0) is 23.8. The van der Waals surface area contributed by atoms with E-state index < -0.39 is 11.7 Å². The number of halogens is 1. The van der Waals surface area contributed by atoms with Gasteiger partial charge in [-0.25, -0.2) is 9.87 Å². The van der Waals surface area contributed by atoms with Gasteiger partial charge >= 0.3 is 0 Å². The molecule has 0 heterocycles. The predicted molar refractivity (Wildman–Crippen MR) is 121 cm³/mol. The van der Waals surface area contributed by atoms with Gasteiger partial charge in [-0.3, -0.25) is 14.8 Å². The number of ether oxygens (including phenoxy) is 2. The maximum atomic E-state index is 13.5. The number of carbonyl (C=O) groups is 2. The maximum Gasteiger partial charge on any atom is 0.274 e. The molecule has 2 amide bonds. The number of hydrogen-bond donors (Lipinski definition) is 3. The second kappa shape index (κ2) is 10.9. The first-order chi connectivity index (χ1) is 15.9. The van der Waals surface area contributed by atoms with Crippen molar-refractivity contribution in [3.63, 3.8) is 0 Å². The lowest BCUT2D eigenvalue weighted by atomic mass is 10.0. The molecule has 0 aliphatic rings. The van der Waals surface area contributed by atoms with Gasteiger partial charge in [-0.1, -0.05) is 30.3 Å². The van der Waals surface area contributed by atoms with Crippen molar-refractivity contribution in [1.82, 2.24) is 10.8 Å². The van der Waals surface area contributed by atoms with Crippen LogP contribution in [0.25, 0.3) is 11.6 Å². The highest BCUT2D eigenvalue weighted by molar-refractivity contribution is 6.24. The topological polar surface area (TPSA) is 96.9 Å². The fourth-order valence-electron chi connectivity index (χ4n) is 3.13. The highest BCUT2D eigenvalue weighted by Crippen LogP contribution is 2.29. The first-order valence-electron chi connectivity index (χ1n) is 9.96. The summed E-state index contributed by atoms with van der Waals surface area (Å²) in [7, 11) is 3.06. The Balaban J connectivity index is 1.86. The number of benzene rings is 3. The summed E-state index contributed by atoms with van der Waals surface area (Å²) >= 11 is 0. The molecule has 3 aromatic carbocycles. The molecule has 0 bridgehead atoms. The van der Waals surface area contributed by atoms with E-state index in [9.17, 15) is 14.0 Å². The van der Waals surface area contributed by atoms with Crippen LogP contribution in [0.15, 0.2) is 66.7 Å². The van der Waals surface area contributed by atoms with Gasteiger partial charge in [-0.15, -0.1) is 0 Å². The van der Waals surface area contributed by atoms with E-state index >= 15 is 0 Å². The lowest BCUT2D eigenvalue weighted by molar-refractivity contribution is -0.115. The average molecular weight is 450 g/mol. The van der Waals surface area contributed by atoms with E-state index in [1.165, 1.54) is 50.6 Å². The van der Waals surface area contributed by atoms with Crippen LogP contribution in [0.1, 0.15) is 27.0 Å². The molecule has 7 nitrogen and oxygen atoms in total. The number of carbonyl (C=O) groups excluding carboxylic acids is 2. The molecule has 8 heteroatoms. The molecule has 0 fully saturated rings. The summed E-state index contributed by atoms with van der Waals surface area (Å²) in [5.74, 6) is -0.329. The summed E-state index contributed by atoms with van der Waals surface area (Å²) in [5, 5.41) is 11.5. The fraction of sp³-hybridized carbons (Fsp3) is 0.120. The number of nitrogens with one attached hydrogen (secondary N) is 2. The zero-order valence-electron chi connectivity index (χ0n) is 18.1. The Morgan fingerprint density at radius 2 is 1.55 bits per heavy atom. The Bertz CT molecular complexity index is 1160. The fourth-order valence-corrected chi connectivity index (χ4v) is 3.13. The molecule has 0 atom stereocenters. The van der Waals surface area contributed by atoms with Crippen molar-refractivity contribution in [1.29, 1.82) is 0 Å². The largest absolute Gasteiger partial charge is 0.493 e. The molecular weight excluding hydrogens is 427 g/mol. The number of methoxy groups -OCH3 is 2. The first kappa shape index (κ1) is 23.5. The van der Waals surface area contributed by atoms with E-state index in [2.05, 4.69) is 5.32 Å². The molecule has 3 aromatic rings. The minimum Gasteiger partial charge on any atom is -0.493 e. The minimum atomic E-state index is -0.623. The third-order valence-electron chi connectivity index (χ3n) is 4.89. The molecule has 170 valence electrons. The maximum absolute atomic E-state index is 13.5. The molecule has 0 saturated carbocycles. The van der Waals surface area contributed by atoms with Crippen LogP contribution in [-0.2, 0) is 11.3 Å². The van der Waals surface area contributed by atoms with E-state index in [4.69, 9.17) is 14.7 Å². The zero-order valence-corrected chi connectivity index (χ0v) is 18.1. The Morgan fingerprint density at radius 3 is 2.15 bits per heavy atom. The third-order valence-corrected chi connectivity index (χ3v) is 4.89. The standard InChI is InChI=1S/C25H23FN2O5/c1-32-22-12-5-17(14-23(22)33-2)13-21(18-8-10-20(26)11-9-18)25(30)27-15-16-3-6-19(7-4-16)24(29)28-31/h3-14,31H,15H2,1-2H3,(H,27,30)(H,28,29). The summed E-state index contributed by atoms with van der Waals surface area (Å²) < 4.78 is 24.0. The average Bonchev–Trinajstić information content (AvgIpc) is 2.86. The van der Waals surface area contributed by atoms with Gasteiger partial charge in [0.25, 0.3) is 11.8 Å². The van der Waals surface area contributed by atoms with Crippen LogP contribution >= 0.6 is 0 Å². The number of amides is 2. The van der Waals surface area contributed by atoms with Crippen molar-refractivity contribution < 1.29 is 28.7 Å². The van der Waals surface area contributed by atoms with Gasteiger partial charge in [0.05, 0.1) is 14.2 Å². The van der Waals surface area contributed by atoms with Crippen LogP contribution in [0.5, 0.6) is 11.5 Å². The molecule has 0 aromatic heterocycles. The number of hydrogen-bond acceptors (Lipinski definition) is 5. The molecule has 33 heavy (non-hydrogen) atoms. The predicted octanol–water partition coefficient (Wildman–Crippen LogP) is 3.82. The van der Waals surface area contributed by atoms with Gasteiger partial charge in [-0.05, 0) is 59.2 Å². The minimum absolute atomic E-state index is 0.199. The summed E-state index contributed by atoms with van der Waals surface area (Å²) in [5.41, 5.74) is 4.17. The second-order valence-corrected chi connectivity index (χ2v) is 7.00. The van der Waals surface area contributed by atoms with E-state index in [-0.39, 0.29) is 18.0 Å². The van der Waals surface area contributed by atoms with Crippen LogP contribution in [0.4, 0.5) is 4.39 Å². The van der Waals surface area contributed by atoms with Crippen LogP contribution in [0.2, 0.25) is 0 Å². The monoisotopic (exact) mass is 450 g/mol. The molecule has 3 rings (SSSR count). The molecule has 0 aliphatic carbocycles. The summed E-state index contributed by atoms with van der Waals surface area (Å²) in [6.45, 7) is 0.199. The lowest BCUT2D eigenvalue weighted by Crippen LogP contribution is -2.24. The van der Waals surface area contributed by atoms with E-state index in [0.29, 0.717) is 28.2 Å².